The molecule has 1 saturated heterocycles. The number of carbonyl (C=O) groups is 2. The Morgan fingerprint density at radius 3 is 2.57 bits per heavy atom. The molecule has 2 aromatic heterocycles. The minimum atomic E-state index is -0.462. The number of rotatable bonds is 4. The molecule has 8 nitrogen and oxygen atoms in total. The largest absolute Gasteiger partial charge is 0.463 e. The first-order valence-electron chi connectivity index (χ1n) is 9.44. The summed E-state index contributed by atoms with van der Waals surface area (Å²) in [4.78, 5) is 43.3. The van der Waals surface area contributed by atoms with Gasteiger partial charge >= 0.3 is 6.09 Å². The Morgan fingerprint density at radius 1 is 1.14 bits per heavy atom. The highest BCUT2D eigenvalue weighted by Gasteiger charge is 2.25. The van der Waals surface area contributed by atoms with E-state index in [4.69, 9.17) is 9.15 Å². The lowest BCUT2D eigenvalue weighted by Gasteiger charge is -2.22. The third-order valence-electron chi connectivity index (χ3n) is 4.51. The van der Waals surface area contributed by atoms with Gasteiger partial charge in [-0.25, -0.2) is 4.79 Å². The van der Waals surface area contributed by atoms with Crippen LogP contribution in [0, 0.1) is 5.92 Å². The molecule has 2 amide bonds. The van der Waals surface area contributed by atoms with Gasteiger partial charge in [0.2, 0.25) is 0 Å². The first kappa shape index (κ1) is 19.7. The van der Waals surface area contributed by atoms with Crippen LogP contribution < -0.4 is 5.56 Å². The van der Waals surface area contributed by atoms with Crippen molar-refractivity contribution in [3.05, 3.63) is 46.4 Å². The molecular formula is C20H25N3O5. The van der Waals surface area contributed by atoms with E-state index in [0.29, 0.717) is 50.7 Å². The molecule has 0 saturated carbocycles. The fourth-order valence-electron chi connectivity index (χ4n) is 3.02. The Labute approximate surface area is 163 Å². The van der Waals surface area contributed by atoms with Crippen molar-refractivity contribution in [1.29, 1.82) is 0 Å². The van der Waals surface area contributed by atoms with Crippen LogP contribution in [-0.2, 0) is 4.74 Å². The second-order valence-electron chi connectivity index (χ2n) is 7.20. The fourth-order valence-corrected chi connectivity index (χ4v) is 3.02. The summed E-state index contributed by atoms with van der Waals surface area (Å²) in [6.45, 7) is 6.06. The quantitative estimate of drug-likeness (QED) is 0.870. The first-order valence-corrected chi connectivity index (χ1v) is 9.44. The molecule has 0 spiro atoms. The average molecular weight is 387 g/mol. The van der Waals surface area contributed by atoms with Crippen LogP contribution in [0.25, 0.3) is 11.5 Å². The number of furan rings is 1. The molecule has 1 aliphatic rings. The van der Waals surface area contributed by atoms with Crippen molar-refractivity contribution in [3.63, 3.8) is 0 Å². The Morgan fingerprint density at radius 2 is 1.89 bits per heavy atom. The molecule has 1 aliphatic heterocycles. The molecule has 8 heteroatoms. The molecule has 0 unspecified atom stereocenters. The Hall–Kier alpha value is -3.03. The minimum absolute atomic E-state index is 0.0751. The molecule has 0 aliphatic carbocycles. The van der Waals surface area contributed by atoms with Crippen LogP contribution in [0.3, 0.4) is 0 Å². The third-order valence-corrected chi connectivity index (χ3v) is 4.51. The second-order valence-corrected chi connectivity index (χ2v) is 7.20. The topological polar surface area (TPSA) is 95.8 Å². The van der Waals surface area contributed by atoms with Crippen LogP contribution in [0.2, 0.25) is 0 Å². The zero-order valence-electron chi connectivity index (χ0n) is 16.1. The Kier molecular flexibility index (Phi) is 6.18. The zero-order valence-corrected chi connectivity index (χ0v) is 16.1. The summed E-state index contributed by atoms with van der Waals surface area (Å²) in [7, 11) is 0. The summed E-state index contributed by atoms with van der Waals surface area (Å²) < 4.78 is 10.5. The molecular weight excluding hydrogens is 362 g/mol. The van der Waals surface area contributed by atoms with Gasteiger partial charge in [-0.3, -0.25) is 9.59 Å². The smallest absolute Gasteiger partial charge is 0.409 e. The summed E-state index contributed by atoms with van der Waals surface area (Å²) in [5.74, 6) is 0.455. The van der Waals surface area contributed by atoms with Gasteiger partial charge in [0.05, 0.1) is 18.6 Å². The highest BCUT2D eigenvalue weighted by Crippen LogP contribution is 2.16. The van der Waals surface area contributed by atoms with Gasteiger partial charge in [0.1, 0.15) is 11.3 Å². The number of hydrogen-bond acceptors (Lipinski definition) is 5. The first-order chi connectivity index (χ1) is 13.5. The molecule has 1 fully saturated rings. The number of H-pyrrole nitrogens is 1. The maximum absolute atomic E-state index is 12.8. The molecule has 150 valence electrons. The van der Waals surface area contributed by atoms with Gasteiger partial charge in [-0.15, -0.1) is 0 Å². The molecule has 0 radical (unpaired) electrons. The minimum Gasteiger partial charge on any atom is -0.463 e. The van der Waals surface area contributed by atoms with Gasteiger partial charge < -0.3 is 23.9 Å². The number of ether oxygens (including phenoxy) is 1. The number of aromatic nitrogens is 1. The van der Waals surface area contributed by atoms with Gasteiger partial charge in [0.15, 0.2) is 0 Å². The van der Waals surface area contributed by atoms with E-state index >= 15 is 0 Å². The summed E-state index contributed by atoms with van der Waals surface area (Å²) in [6.07, 6.45) is 1.79. The van der Waals surface area contributed by atoms with Gasteiger partial charge in [-0.2, -0.15) is 0 Å². The van der Waals surface area contributed by atoms with Crippen molar-refractivity contribution in [3.8, 4) is 11.5 Å². The predicted molar refractivity (Wildman–Crippen MR) is 103 cm³/mol. The van der Waals surface area contributed by atoms with Crippen LogP contribution in [0.15, 0.2) is 39.7 Å². The van der Waals surface area contributed by atoms with Crippen LogP contribution in [0.1, 0.15) is 30.6 Å². The highest BCUT2D eigenvalue weighted by atomic mass is 16.6. The Bertz CT molecular complexity index is 872. The monoisotopic (exact) mass is 387 g/mol. The number of nitrogens with zero attached hydrogens (tertiary/aromatic N) is 2. The van der Waals surface area contributed by atoms with Gasteiger partial charge in [-0.1, -0.05) is 13.8 Å². The summed E-state index contributed by atoms with van der Waals surface area (Å²) in [5, 5.41) is 0. The van der Waals surface area contributed by atoms with Crippen LogP contribution in [-0.4, -0.2) is 59.6 Å². The normalized spacial score (nSPS) is 14.8. The van der Waals surface area contributed by atoms with Crippen molar-refractivity contribution >= 4 is 12.0 Å². The summed E-state index contributed by atoms with van der Waals surface area (Å²) in [5.41, 5.74) is 0.129. The van der Waals surface area contributed by atoms with E-state index in [1.165, 1.54) is 12.3 Å². The highest BCUT2D eigenvalue weighted by molar-refractivity contribution is 5.94. The average Bonchev–Trinajstić information content (AvgIpc) is 3.10. The van der Waals surface area contributed by atoms with Crippen molar-refractivity contribution in [1.82, 2.24) is 14.8 Å². The summed E-state index contributed by atoms with van der Waals surface area (Å²) in [6, 6.07) is 6.62. The number of carbonyl (C=O) groups excluding carboxylic acids is 2. The molecule has 2 aromatic rings. The second kappa shape index (κ2) is 8.77. The molecule has 3 rings (SSSR count). The Balaban J connectivity index is 1.65. The van der Waals surface area contributed by atoms with Crippen LogP contribution in [0.5, 0.6) is 0 Å². The lowest BCUT2D eigenvalue weighted by atomic mass is 10.2. The lowest BCUT2D eigenvalue weighted by molar-refractivity contribution is 0.0745. The van der Waals surface area contributed by atoms with E-state index in [-0.39, 0.29) is 23.5 Å². The van der Waals surface area contributed by atoms with E-state index in [9.17, 15) is 14.4 Å². The van der Waals surface area contributed by atoms with Gasteiger partial charge in [0, 0.05) is 26.2 Å². The maximum Gasteiger partial charge on any atom is 0.409 e. The van der Waals surface area contributed by atoms with Crippen molar-refractivity contribution in [2.45, 2.75) is 20.3 Å². The maximum atomic E-state index is 12.8. The van der Waals surface area contributed by atoms with E-state index < -0.39 is 5.56 Å². The van der Waals surface area contributed by atoms with Gasteiger partial charge in [0.25, 0.3) is 11.5 Å². The molecule has 1 N–H and O–H groups in total. The van der Waals surface area contributed by atoms with E-state index in [0.717, 1.165) is 0 Å². The van der Waals surface area contributed by atoms with Crippen LogP contribution in [0.4, 0.5) is 4.79 Å². The zero-order chi connectivity index (χ0) is 20.1. The number of aromatic amines is 1. The van der Waals surface area contributed by atoms with Crippen LogP contribution >= 0.6 is 0 Å². The fraction of sp³-hybridized carbons (Fsp3) is 0.450. The number of nitrogens with one attached hydrogen (secondary N) is 1. The molecule has 3 heterocycles. The van der Waals surface area contributed by atoms with Crippen molar-refractivity contribution in [2.24, 2.45) is 5.92 Å². The molecule has 0 bridgehead atoms. The van der Waals surface area contributed by atoms with E-state index in [1.54, 1.807) is 28.0 Å². The standard InChI is InChI=1S/C20H25N3O5/c1-14(2)13-28-20(26)23-9-4-8-22(10-11-23)19(25)15-6-7-16(21-18(15)24)17-5-3-12-27-17/h3,5-7,12,14H,4,8-11,13H2,1-2H3,(H,21,24). The number of hydrogen-bond donors (Lipinski definition) is 1. The lowest BCUT2D eigenvalue weighted by Crippen LogP contribution is -2.39. The third kappa shape index (κ3) is 4.62. The SMILES string of the molecule is CC(C)COC(=O)N1CCCN(C(=O)c2ccc(-c3ccco3)[nH]c2=O)CC1. The number of amides is 2. The van der Waals surface area contributed by atoms with E-state index in [2.05, 4.69) is 4.98 Å². The van der Waals surface area contributed by atoms with Crippen molar-refractivity contribution in [2.75, 3.05) is 32.8 Å². The summed E-state index contributed by atoms with van der Waals surface area (Å²) >= 11 is 0. The molecule has 0 aromatic carbocycles. The number of pyridine rings is 1. The molecule has 0 atom stereocenters. The molecule has 28 heavy (non-hydrogen) atoms. The predicted octanol–water partition coefficient (Wildman–Crippen LogP) is 2.58. The van der Waals surface area contributed by atoms with Crippen molar-refractivity contribution < 1.29 is 18.7 Å². The van der Waals surface area contributed by atoms with E-state index in [1.807, 2.05) is 13.8 Å². The van der Waals surface area contributed by atoms with Gasteiger partial charge in [-0.05, 0) is 36.6 Å².